The van der Waals surface area contributed by atoms with Gasteiger partial charge in [0.25, 0.3) is 0 Å². The van der Waals surface area contributed by atoms with Crippen LogP contribution >= 0.6 is 0 Å². The molecule has 0 radical (unpaired) electrons. The fraction of sp³-hybridized carbons (Fsp3) is 0.900. The highest BCUT2D eigenvalue weighted by atomic mass is 14.9. The molecule has 0 aliphatic carbocycles. The summed E-state index contributed by atoms with van der Waals surface area (Å²) < 4.78 is 0. The van der Waals surface area contributed by atoms with E-state index in [9.17, 15) is 0 Å². The summed E-state index contributed by atoms with van der Waals surface area (Å²) >= 11 is 0. The topological polar surface area (TPSA) is 35.8 Å². The maximum absolute atomic E-state index is 8.43. The van der Waals surface area contributed by atoms with Crippen LogP contribution in [0.3, 0.4) is 0 Å². The van der Waals surface area contributed by atoms with Gasteiger partial charge in [-0.25, -0.2) is 0 Å². The molecule has 0 rings (SSSR count). The van der Waals surface area contributed by atoms with E-state index >= 15 is 0 Å². The monoisotopic (exact) mass is 168 g/mol. The van der Waals surface area contributed by atoms with E-state index < -0.39 is 0 Å². The maximum atomic E-state index is 8.43. The van der Waals surface area contributed by atoms with Crippen molar-refractivity contribution in [3.05, 3.63) is 0 Å². The predicted octanol–water partition coefficient (Wildman–Crippen LogP) is 2.31. The van der Waals surface area contributed by atoms with Crippen molar-refractivity contribution in [3.8, 4) is 6.07 Å². The van der Waals surface area contributed by atoms with Crippen molar-refractivity contribution < 1.29 is 0 Å². The van der Waals surface area contributed by atoms with Gasteiger partial charge in [-0.1, -0.05) is 26.7 Å². The minimum atomic E-state index is 0.343. The molecular weight excluding hydrogens is 148 g/mol. The molecule has 2 nitrogen and oxygen atoms in total. The smallest absolute Gasteiger partial charge is 0.0638 e. The largest absolute Gasteiger partial charge is 0.313 e. The van der Waals surface area contributed by atoms with Crippen LogP contribution in [0.1, 0.15) is 40.0 Å². The van der Waals surface area contributed by atoms with Crippen LogP contribution in [0.15, 0.2) is 0 Å². The SMILES string of the molecule is CCC(CC)CNC(C)CC#N. The molecule has 12 heavy (non-hydrogen) atoms. The normalized spacial score (nSPS) is 12.9. The number of hydrogen-bond acceptors (Lipinski definition) is 2. The van der Waals surface area contributed by atoms with Crippen molar-refractivity contribution in [2.45, 2.75) is 46.1 Å². The number of nitriles is 1. The van der Waals surface area contributed by atoms with Gasteiger partial charge in [0, 0.05) is 6.04 Å². The standard InChI is InChI=1S/C10H20N2/c1-4-10(5-2)8-12-9(3)6-7-11/h9-10,12H,4-6,8H2,1-3H3. The van der Waals surface area contributed by atoms with Gasteiger partial charge < -0.3 is 5.32 Å². The molecule has 0 spiro atoms. The van der Waals surface area contributed by atoms with Crippen LogP contribution in [0, 0.1) is 17.2 Å². The maximum Gasteiger partial charge on any atom is 0.0638 e. The minimum absolute atomic E-state index is 0.343. The number of rotatable bonds is 6. The molecule has 0 aromatic rings. The third-order valence-electron chi connectivity index (χ3n) is 2.31. The van der Waals surface area contributed by atoms with Gasteiger partial charge in [0.15, 0.2) is 0 Å². The molecule has 2 heteroatoms. The molecule has 0 aromatic carbocycles. The molecule has 0 amide bonds. The Bertz CT molecular complexity index is 133. The number of nitrogens with zero attached hydrogens (tertiary/aromatic N) is 1. The zero-order valence-electron chi connectivity index (χ0n) is 8.43. The predicted molar refractivity (Wildman–Crippen MR) is 51.8 cm³/mol. The third kappa shape index (κ3) is 5.15. The molecule has 0 aliphatic heterocycles. The van der Waals surface area contributed by atoms with E-state index in [0.717, 1.165) is 12.5 Å². The van der Waals surface area contributed by atoms with E-state index in [2.05, 4.69) is 32.2 Å². The van der Waals surface area contributed by atoms with E-state index in [1.54, 1.807) is 0 Å². The summed E-state index contributed by atoms with van der Waals surface area (Å²) in [5.41, 5.74) is 0. The third-order valence-corrected chi connectivity index (χ3v) is 2.31. The van der Waals surface area contributed by atoms with Crippen LogP contribution in [0.4, 0.5) is 0 Å². The van der Waals surface area contributed by atoms with Crippen molar-refractivity contribution >= 4 is 0 Å². The van der Waals surface area contributed by atoms with Crippen molar-refractivity contribution in [3.63, 3.8) is 0 Å². The second-order valence-corrected chi connectivity index (χ2v) is 3.35. The summed E-state index contributed by atoms with van der Waals surface area (Å²) in [4.78, 5) is 0. The highest BCUT2D eigenvalue weighted by Crippen LogP contribution is 2.05. The fourth-order valence-corrected chi connectivity index (χ4v) is 1.15. The van der Waals surface area contributed by atoms with Gasteiger partial charge in [-0.15, -0.1) is 0 Å². The molecule has 0 heterocycles. The van der Waals surface area contributed by atoms with Gasteiger partial charge in [-0.3, -0.25) is 0 Å². The fourth-order valence-electron chi connectivity index (χ4n) is 1.15. The molecule has 0 aromatic heterocycles. The van der Waals surface area contributed by atoms with Gasteiger partial charge in [-0.05, 0) is 19.4 Å². The Hall–Kier alpha value is -0.550. The van der Waals surface area contributed by atoms with E-state index in [1.807, 2.05) is 0 Å². The quantitative estimate of drug-likeness (QED) is 0.660. The Morgan fingerprint density at radius 2 is 1.92 bits per heavy atom. The Balaban J connectivity index is 3.45. The Morgan fingerprint density at radius 3 is 2.33 bits per heavy atom. The Kier molecular flexibility index (Phi) is 6.79. The first kappa shape index (κ1) is 11.4. The molecule has 1 unspecified atom stereocenters. The van der Waals surface area contributed by atoms with E-state index in [4.69, 9.17) is 5.26 Å². The summed E-state index contributed by atoms with van der Waals surface area (Å²) in [5.74, 6) is 0.770. The van der Waals surface area contributed by atoms with Gasteiger partial charge in [0.1, 0.15) is 0 Å². The second-order valence-electron chi connectivity index (χ2n) is 3.35. The van der Waals surface area contributed by atoms with Crippen LogP contribution in [-0.2, 0) is 0 Å². The minimum Gasteiger partial charge on any atom is -0.313 e. The highest BCUT2D eigenvalue weighted by Gasteiger charge is 2.05. The van der Waals surface area contributed by atoms with Gasteiger partial charge in [0.05, 0.1) is 12.5 Å². The summed E-state index contributed by atoms with van der Waals surface area (Å²) in [6, 6.07) is 2.51. The lowest BCUT2D eigenvalue weighted by atomic mass is 10.0. The average Bonchev–Trinajstić information content (AvgIpc) is 2.07. The lowest BCUT2D eigenvalue weighted by Gasteiger charge is -2.16. The van der Waals surface area contributed by atoms with Gasteiger partial charge >= 0.3 is 0 Å². The average molecular weight is 168 g/mol. The first-order valence-electron chi connectivity index (χ1n) is 4.84. The Morgan fingerprint density at radius 1 is 1.33 bits per heavy atom. The highest BCUT2D eigenvalue weighted by molar-refractivity contribution is 4.77. The van der Waals surface area contributed by atoms with Crippen molar-refractivity contribution in [2.24, 2.45) is 5.92 Å². The van der Waals surface area contributed by atoms with E-state index in [1.165, 1.54) is 12.8 Å². The first-order valence-corrected chi connectivity index (χ1v) is 4.84. The van der Waals surface area contributed by atoms with Crippen LogP contribution in [0.25, 0.3) is 0 Å². The van der Waals surface area contributed by atoms with E-state index in [-0.39, 0.29) is 0 Å². The number of nitrogens with one attached hydrogen (secondary N) is 1. The first-order chi connectivity index (χ1) is 5.74. The molecule has 0 aliphatic rings. The van der Waals surface area contributed by atoms with Crippen molar-refractivity contribution in [1.82, 2.24) is 5.32 Å². The zero-order valence-corrected chi connectivity index (χ0v) is 8.43. The van der Waals surface area contributed by atoms with Crippen LogP contribution < -0.4 is 5.32 Å². The number of hydrogen-bond donors (Lipinski definition) is 1. The summed E-state index contributed by atoms with van der Waals surface area (Å²) in [5, 5.41) is 11.8. The molecule has 70 valence electrons. The molecule has 0 fully saturated rings. The lowest BCUT2D eigenvalue weighted by molar-refractivity contribution is 0.419. The van der Waals surface area contributed by atoms with Crippen LogP contribution in [-0.4, -0.2) is 12.6 Å². The molecular formula is C10H20N2. The summed E-state index contributed by atoms with van der Waals surface area (Å²) in [6.07, 6.45) is 3.06. The van der Waals surface area contributed by atoms with Crippen molar-refractivity contribution in [1.29, 1.82) is 5.26 Å². The van der Waals surface area contributed by atoms with E-state index in [0.29, 0.717) is 12.5 Å². The summed E-state index contributed by atoms with van der Waals surface area (Å²) in [6.45, 7) is 7.54. The molecule has 1 atom stereocenters. The lowest BCUT2D eigenvalue weighted by Crippen LogP contribution is -2.30. The van der Waals surface area contributed by atoms with Crippen LogP contribution in [0.5, 0.6) is 0 Å². The zero-order chi connectivity index (χ0) is 9.40. The van der Waals surface area contributed by atoms with Crippen LogP contribution in [0.2, 0.25) is 0 Å². The van der Waals surface area contributed by atoms with Gasteiger partial charge in [-0.2, -0.15) is 5.26 Å². The summed E-state index contributed by atoms with van der Waals surface area (Å²) in [7, 11) is 0. The molecule has 1 N–H and O–H groups in total. The molecule has 0 saturated carbocycles. The Labute approximate surface area is 76.0 Å². The molecule has 0 saturated heterocycles. The van der Waals surface area contributed by atoms with Crippen molar-refractivity contribution in [2.75, 3.05) is 6.54 Å². The van der Waals surface area contributed by atoms with Gasteiger partial charge in [0.2, 0.25) is 0 Å². The molecule has 0 bridgehead atoms. The second kappa shape index (κ2) is 7.12.